The maximum absolute atomic E-state index is 14.9. The van der Waals surface area contributed by atoms with E-state index in [1.807, 2.05) is 22.6 Å². The van der Waals surface area contributed by atoms with Gasteiger partial charge in [0.05, 0.1) is 23.1 Å². The third kappa shape index (κ3) is 4.68. The number of hydrogen-bond donors (Lipinski definition) is 3. The predicted molar refractivity (Wildman–Crippen MR) is 157 cm³/mol. The maximum atomic E-state index is 14.9. The quantitative estimate of drug-likeness (QED) is 0.209. The Balaban J connectivity index is 1.91. The smallest absolute Gasteiger partial charge is 0.336 e. The average Bonchev–Trinajstić information content (AvgIpc) is 3.74. The Morgan fingerprint density at radius 2 is 1.90 bits per heavy atom. The molecule has 3 N–H and O–H groups in total. The molecule has 1 aliphatic carbocycles. The molecule has 1 fully saturated rings. The average molecular weight is 642 g/mol. The number of carbonyl (C=O) groups is 1. The molecular weight excluding hydrogens is 618 g/mol. The normalized spacial score (nSPS) is 12.9. The van der Waals surface area contributed by atoms with E-state index in [4.69, 9.17) is 5.41 Å². The third-order valence-corrected chi connectivity index (χ3v) is 7.34. The number of aromatic nitrogens is 3. The molecule has 1 amide bonds. The van der Waals surface area contributed by atoms with Crippen molar-refractivity contribution in [1.29, 1.82) is 5.41 Å². The van der Waals surface area contributed by atoms with Gasteiger partial charge in [-0.3, -0.25) is 28.1 Å². The molecule has 2 heterocycles. The monoisotopic (exact) mass is 642 g/mol. The molecule has 2 aromatic heterocycles. The summed E-state index contributed by atoms with van der Waals surface area (Å²) in [6, 6.07) is 10.6. The molecule has 0 atom stereocenters. The molecule has 39 heavy (non-hydrogen) atoms. The van der Waals surface area contributed by atoms with E-state index in [0.717, 1.165) is 0 Å². The maximum Gasteiger partial charge on any atom is 0.336 e. The molecule has 12 heteroatoms. The van der Waals surface area contributed by atoms with Crippen molar-refractivity contribution in [3.05, 3.63) is 88.6 Å². The van der Waals surface area contributed by atoms with Gasteiger partial charge >= 0.3 is 5.69 Å². The molecule has 0 aliphatic heterocycles. The molecule has 0 unspecified atom stereocenters. The molecular formula is C27H24FIN6O4. The highest BCUT2D eigenvalue weighted by Gasteiger charge is 2.32. The van der Waals surface area contributed by atoms with Crippen LogP contribution in [0.5, 0.6) is 0 Å². The molecule has 0 saturated heterocycles. The van der Waals surface area contributed by atoms with E-state index in [9.17, 15) is 23.6 Å². The second-order valence-electron chi connectivity index (χ2n) is 9.23. The van der Waals surface area contributed by atoms with Gasteiger partial charge in [0, 0.05) is 27.9 Å². The lowest BCUT2D eigenvalue weighted by molar-refractivity contribution is -0.110. The van der Waals surface area contributed by atoms with Crippen LogP contribution >= 0.6 is 22.6 Å². The van der Waals surface area contributed by atoms with Crippen LogP contribution in [0.2, 0.25) is 0 Å². The van der Waals surface area contributed by atoms with E-state index in [2.05, 4.69) is 10.6 Å². The summed E-state index contributed by atoms with van der Waals surface area (Å²) < 4.78 is 19.3. The van der Waals surface area contributed by atoms with Gasteiger partial charge in [-0.25, -0.2) is 9.18 Å². The first-order valence-electron chi connectivity index (χ1n) is 12.2. The van der Waals surface area contributed by atoms with Crippen molar-refractivity contribution < 1.29 is 9.18 Å². The van der Waals surface area contributed by atoms with E-state index in [-0.39, 0.29) is 40.4 Å². The van der Waals surface area contributed by atoms with Gasteiger partial charge in [-0.2, -0.15) is 0 Å². The Morgan fingerprint density at radius 3 is 2.54 bits per heavy atom. The number of rotatable bonds is 7. The zero-order chi connectivity index (χ0) is 28.0. The topological polar surface area (TPSA) is 131 Å². The SMILES string of the molecule is CCc1c(=O)n(C)c(Nc2ccc(I)cc2F)c2c(=O)n(C3CC3)c(=O)n(-c3cccc(NC(=O)C=N)c3)c12. The van der Waals surface area contributed by atoms with E-state index in [0.29, 0.717) is 34.0 Å². The van der Waals surface area contributed by atoms with Crippen LogP contribution in [0.25, 0.3) is 16.6 Å². The summed E-state index contributed by atoms with van der Waals surface area (Å²) in [6.45, 7) is 1.75. The zero-order valence-corrected chi connectivity index (χ0v) is 23.2. The number of pyridine rings is 1. The summed E-state index contributed by atoms with van der Waals surface area (Å²) in [5, 5.41) is 12.7. The fourth-order valence-electron chi connectivity index (χ4n) is 4.67. The third-order valence-electron chi connectivity index (χ3n) is 6.66. The molecule has 2 aromatic carbocycles. The Morgan fingerprint density at radius 1 is 1.15 bits per heavy atom. The van der Waals surface area contributed by atoms with Crippen molar-refractivity contribution >= 4 is 62.8 Å². The van der Waals surface area contributed by atoms with Crippen LogP contribution in [-0.4, -0.2) is 25.8 Å². The minimum absolute atomic E-state index is 0.0636. The van der Waals surface area contributed by atoms with Gasteiger partial charge in [0.25, 0.3) is 17.0 Å². The number of nitrogens with one attached hydrogen (secondary N) is 3. The summed E-state index contributed by atoms with van der Waals surface area (Å²) in [5.41, 5.74) is -0.543. The van der Waals surface area contributed by atoms with Crippen LogP contribution in [0.15, 0.2) is 56.8 Å². The van der Waals surface area contributed by atoms with Gasteiger partial charge in [-0.05, 0) is 78.3 Å². The number of hydrogen-bond acceptors (Lipinski definition) is 6. The van der Waals surface area contributed by atoms with E-state index < -0.39 is 28.5 Å². The van der Waals surface area contributed by atoms with Gasteiger partial charge in [0.1, 0.15) is 17.0 Å². The summed E-state index contributed by atoms with van der Waals surface area (Å²) in [5.74, 6) is -1.15. The van der Waals surface area contributed by atoms with Crippen molar-refractivity contribution in [2.45, 2.75) is 32.2 Å². The number of amides is 1. The molecule has 0 spiro atoms. The summed E-state index contributed by atoms with van der Waals surface area (Å²) >= 11 is 1.99. The largest absolute Gasteiger partial charge is 0.338 e. The highest BCUT2D eigenvalue weighted by Crippen LogP contribution is 2.34. The lowest BCUT2D eigenvalue weighted by Gasteiger charge is -2.21. The molecule has 4 aromatic rings. The second kappa shape index (κ2) is 10.2. The number of halogens is 2. The fraction of sp³-hybridized carbons (Fsp3) is 0.222. The van der Waals surface area contributed by atoms with Gasteiger partial charge in [0.2, 0.25) is 0 Å². The zero-order valence-electron chi connectivity index (χ0n) is 21.0. The van der Waals surface area contributed by atoms with Crippen molar-refractivity contribution in [2.24, 2.45) is 7.05 Å². The second-order valence-corrected chi connectivity index (χ2v) is 10.5. The number of benzene rings is 2. The summed E-state index contributed by atoms with van der Waals surface area (Å²) in [7, 11) is 1.50. The van der Waals surface area contributed by atoms with Crippen molar-refractivity contribution in [3.63, 3.8) is 0 Å². The van der Waals surface area contributed by atoms with Crippen LogP contribution in [0.1, 0.15) is 31.4 Å². The Labute approximate surface area is 234 Å². The molecule has 1 aliphatic rings. The molecule has 1 saturated carbocycles. The fourth-order valence-corrected chi connectivity index (χ4v) is 5.13. The number of anilines is 3. The molecule has 200 valence electrons. The number of carbonyl (C=O) groups excluding carboxylic acids is 1. The molecule has 0 bridgehead atoms. The molecule has 10 nitrogen and oxygen atoms in total. The Hall–Kier alpha value is -4.07. The van der Waals surface area contributed by atoms with Crippen molar-refractivity contribution in [3.8, 4) is 5.69 Å². The van der Waals surface area contributed by atoms with Crippen molar-refractivity contribution in [1.82, 2.24) is 13.7 Å². The summed E-state index contributed by atoms with van der Waals surface area (Å²) in [4.78, 5) is 53.3. The van der Waals surface area contributed by atoms with Gasteiger partial charge in [-0.15, -0.1) is 0 Å². The molecule has 0 radical (unpaired) electrons. The first-order valence-corrected chi connectivity index (χ1v) is 13.3. The molecule has 5 rings (SSSR count). The van der Waals surface area contributed by atoms with Crippen LogP contribution in [0, 0.1) is 14.8 Å². The Kier molecular flexibility index (Phi) is 6.97. The summed E-state index contributed by atoms with van der Waals surface area (Å²) in [6.07, 6.45) is 2.15. The van der Waals surface area contributed by atoms with Crippen LogP contribution in [-0.2, 0) is 18.3 Å². The van der Waals surface area contributed by atoms with Gasteiger partial charge in [0.15, 0.2) is 0 Å². The van der Waals surface area contributed by atoms with E-state index in [1.165, 1.54) is 38.9 Å². The first-order chi connectivity index (χ1) is 18.7. The van der Waals surface area contributed by atoms with E-state index in [1.54, 1.807) is 31.2 Å². The number of aryl methyl sites for hydroxylation is 1. The highest BCUT2D eigenvalue weighted by molar-refractivity contribution is 14.1. The van der Waals surface area contributed by atoms with Crippen LogP contribution in [0.4, 0.5) is 21.6 Å². The number of fused-ring (bicyclic) bond motifs is 1. The Bertz CT molecular complexity index is 1850. The van der Waals surface area contributed by atoms with Gasteiger partial charge in [-0.1, -0.05) is 13.0 Å². The van der Waals surface area contributed by atoms with Crippen molar-refractivity contribution in [2.75, 3.05) is 10.6 Å². The number of nitrogens with zero attached hydrogens (tertiary/aromatic N) is 3. The first kappa shape index (κ1) is 26.5. The lowest BCUT2D eigenvalue weighted by atomic mass is 10.1. The van der Waals surface area contributed by atoms with Crippen LogP contribution in [0.3, 0.4) is 0 Å². The minimum atomic E-state index is -0.651. The minimum Gasteiger partial charge on any atom is -0.338 e. The van der Waals surface area contributed by atoms with Crippen LogP contribution < -0.4 is 27.4 Å². The van der Waals surface area contributed by atoms with E-state index >= 15 is 0 Å². The lowest BCUT2D eigenvalue weighted by Crippen LogP contribution is -2.41. The van der Waals surface area contributed by atoms with Gasteiger partial charge < -0.3 is 16.0 Å². The standard InChI is InChI=1S/C27H24FIN6O4/c1-3-18-23-22(24(33(2)25(18)37)32-20-10-7-14(29)11-19(20)28)26(38)35(16-8-9-16)27(39)34(23)17-6-4-5-15(12-17)31-21(36)13-30/h4-7,10-13,16,30,32H,3,8-9H2,1-2H3,(H,31,36). The highest BCUT2D eigenvalue weighted by atomic mass is 127. The predicted octanol–water partition coefficient (Wildman–Crippen LogP) is 3.82.